The van der Waals surface area contributed by atoms with Gasteiger partial charge in [-0.2, -0.15) is 13.2 Å². The van der Waals surface area contributed by atoms with Gasteiger partial charge in [0.25, 0.3) is 0 Å². The van der Waals surface area contributed by atoms with Crippen molar-refractivity contribution in [3.8, 4) is 5.88 Å². The topological polar surface area (TPSA) is 80.8 Å². The normalized spacial score (nSPS) is 19.1. The zero-order valence-electron chi connectivity index (χ0n) is 20.3. The van der Waals surface area contributed by atoms with E-state index >= 15 is 0 Å². The number of aromatic nitrogens is 1. The average Bonchev–Trinajstić information content (AvgIpc) is 2.63. The van der Waals surface area contributed by atoms with Gasteiger partial charge < -0.3 is 19.7 Å². The average molecular weight is 474 g/mol. The number of nitrogens with zero attached hydrogens (tertiary/aromatic N) is 2. The fourth-order valence-corrected chi connectivity index (χ4v) is 3.60. The Morgan fingerprint density at radius 1 is 1.21 bits per heavy atom. The summed E-state index contributed by atoms with van der Waals surface area (Å²) in [6, 6.07) is 1.86. The molecule has 1 aromatic rings. The van der Waals surface area contributed by atoms with Gasteiger partial charge >= 0.3 is 12.3 Å². The highest BCUT2D eigenvalue weighted by molar-refractivity contribution is 5.82. The Morgan fingerprint density at radius 3 is 2.39 bits per heavy atom. The van der Waals surface area contributed by atoms with Gasteiger partial charge in [-0.1, -0.05) is 0 Å². The summed E-state index contributed by atoms with van der Waals surface area (Å²) >= 11 is 0. The monoisotopic (exact) mass is 473 g/mol. The van der Waals surface area contributed by atoms with E-state index in [0.29, 0.717) is 19.4 Å². The molecule has 0 bridgehead atoms. The second-order valence-electron chi connectivity index (χ2n) is 10.6. The third kappa shape index (κ3) is 7.23. The number of nitrogens with one attached hydrogen (secondary N) is 1. The Morgan fingerprint density at radius 2 is 1.85 bits per heavy atom. The molecule has 2 heterocycles. The first-order chi connectivity index (χ1) is 14.9. The van der Waals surface area contributed by atoms with Gasteiger partial charge in [-0.25, -0.2) is 9.78 Å². The molecule has 10 heteroatoms. The number of halogens is 3. The van der Waals surface area contributed by atoms with Crippen molar-refractivity contribution in [2.75, 3.05) is 13.2 Å². The van der Waals surface area contributed by atoms with Crippen LogP contribution in [0.4, 0.5) is 18.0 Å². The van der Waals surface area contributed by atoms with E-state index in [0.717, 1.165) is 6.07 Å². The summed E-state index contributed by atoms with van der Waals surface area (Å²) in [5, 5.41) is 2.96. The van der Waals surface area contributed by atoms with E-state index in [1.165, 1.54) is 12.3 Å². The molecule has 2 rings (SSSR count). The number of alkyl halides is 3. The highest BCUT2D eigenvalue weighted by Gasteiger charge is 2.42. The number of amides is 2. The molecule has 0 saturated carbocycles. The van der Waals surface area contributed by atoms with Gasteiger partial charge in [0.2, 0.25) is 11.8 Å². The summed E-state index contributed by atoms with van der Waals surface area (Å²) in [5.41, 5.74) is -3.25. The minimum Gasteiger partial charge on any atom is -0.476 e. The number of rotatable bonds is 5. The second-order valence-corrected chi connectivity index (χ2v) is 10.6. The third-order valence-corrected chi connectivity index (χ3v) is 5.39. The summed E-state index contributed by atoms with van der Waals surface area (Å²) in [6.45, 7) is 12.5. The first-order valence-electron chi connectivity index (χ1n) is 10.9. The maximum atomic E-state index is 13.2. The molecule has 0 spiro atoms. The lowest BCUT2D eigenvalue weighted by Gasteiger charge is -2.46. The minimum atomic E-state index is -4.61. The van der Waals surface area contributed by atoms with Gasteiger partial charge in [0.1, 0.15) is 17.8 Å². The molecule has 1 aliphatic heterocycles. The lowest BCUT2D eigenvalue weighted by molar-refractivity contribution is -0.139. The highest BCUT2D eigenvalue weighted by atomic mass is 19.4. The molecule has 1 aliphatic rings. The molecule has 1 atom stereocenters. The van der Waals surface area contributed by atoms with Crippen molar-refractivity contribution in [3.63, 3.8) is 0 Å². The van der Waals surface area contributed by atoms with Gasteiger partial charge in [0.05, 0.1) is 5.41 Å². The minimum absolute atomic E-state index is 0.203. The Balaban J connectivity index is 1.99. The number of piperidine rings is 1. The van der Waals surface area contributed by atoms with E-state index in [2.05, 4.69) is 10.3 Å². The van der Waals surface area contributed by atoms with Crippen molar-refractivity contribution in [2.24, 2.45) is 5.41 Å². The summed E-state index contributed by atoms with van der Waals surface area (Å²) in [6.07, 6.45) is -2.76. The van der Waals surface area contributed by atoms with E-state index in [1.54, 1.807) is 39.5 Å². The lowest BCUT2D eigenvalue weighted by atomic mass is 9.86. The summed E-state index contributed by atoms with van der Waals surface area (Å²) in [7, 11) is 0. The Hall–Kier alpha value is -2.52. The van der Waals surface area contributed by atoms with Crippen LogP contribution in [0.1, 0.15) is 66.9 Å². The number of hydrogen-bond donors (Lipinski definition) is 1. The van der Waals surface area contributed by atoms with Crippen LogP contribution in [0.3, 0.4) is 0 Å². The summed E-state index contributed by atoms with van der Waals surface area (Å²) in [5.74, 6) is -0.906. The van der Waals surface area contributed by atoms with Crippen molar-refractivity contribution in [2.45, 2.75) is 84.7 Å². The maximum absolute atomic E-state index is 13.2. The van der Waals surface area contributed by atoms with Crippen LogP contribution in [0.15, 0.2) is 18.3 Å². The van der Waals surface area contributed by atoms with E-state index < -0.39 is 40.3 Å². The number of likely N-dealkylation sites (tertiary alicyclic amines) is 1. The fraction of sp³-hybridized carbons (Fsp3) is 0.696. The molecule has 0 aromatic carbocycles. The number of carbonyl (C=O) groups excluding carboxylic acids is 2. The molecule has 0 radical (unpaired) electrons. The zero-order valence-corrected chi connectivity index (χ0v) is 20.3. The second kappa shape index (κ2) is 9.38. The molecular formula is C23H34F3N3O4. The first kappa shape index (κ1) is 26.7. The molecular weight excluding hydrogens is 439 g/mol. The fourth-order valence-electron chi connectivity index (χ4n) is 3.60. The van der Waals surface area contributed by atoms with Crippen molar-refractivity contribution in [3.05, 3.63) is 23.9 Å². The number of ether oxygens (including phenoxy) is 2. The third-order valence-electron chi connectivity index (χ3n) is 5.39. The Kier molecular flexibility index (Phi) is 7.60. The van der Waals surface area contributed by atoms with Crippen LogP contribution in [0, 0.1) is 5.41 Å². The summed E-state index contributed by atoms with van der Waals surface area (Å²) in [4.78, 5) is 30.8. The van der Waals surface area contributed by atoms with Crippen molar-refractivity contribution in [1.29, 1.82) is 0 Å². The van der Waals surface area contributed by atoms with Gasteiger partial charge in [-0.05, 0) is 73.4 Å². The van der Waals surface area contributed by atoms with E-state index in [4.69, 9.17) is 9.47 Å². The van der Waals surface area contributed by atoms with Crippen molar-refractivity contribution >= 4 is 12.0 Å². The van der Waals surface area contributed by atoms with Gasteiger partial charge in [0.15, 0.2) is 0 Å². The van der Waals surface area contributed by atoms with Gasteiger partial charge in [-0.15, -0.1) is 0 Å². The molecule has 2 amide bonds. The molecule has 1 saturated heterocycles. The quantitative estimate of drug-likeness (QED) is 0.665. The molecule has 0 aliphatic carbocycles. The van der Waals surface area contributed by atoms with Crippen molar-refractivity contribution in [1.82, 2.24) is 15.2 Å². The lowest BCUT2D eigenvalue weighted by Crippen LogP contribution is -2.59. The van der Waals surface area contributed by atoms with E-state index in [-0.39, 0.29) is 18.6 Å². The Labute approximate surface area is 193 Å². The van der Waals surface area contributed by atoms with Crippen LogP contribution >= 0.6 is 0 Å². The predicted molar refractivity (Wildman–Crippen MR) is 117 cm³/mol. The van der Waals surface area contributed by atoms with Crippen LogP contribution in [0.2, 0.25) is 0 Å². The Bertz CT molecular complexity index is 863. The molecule has 1 unspecified atom stereocenters. The van der Waals surface area contributed by atoms with Crippen LogP contribution in [0.25, 0.3) is 0 Å². The molecule has 1 aromatic heterocycles. The van der Waals surface area contributed by atoms with E-state index in [9.17, 15) is 22.8 Å². The number of hydrogen-bond acceptors (Lipinski definition) is 5. The molecule has 7 nitrogen and oxygen atoms in total. The molecule has 186 valence electrons. The van der Waals surface area contributed by atoms with E-state index in [1.807, 2.05) is 13.8 Å². The van der Waals surface area contributed by atoms with Crippen LogP contribution in [-0.4, -0.2) is 52.2 Å². The predicted octanol–water partition coefficient (Wildman–Crippen LogP) is 4.80. The molecule has 33 heavy (non-hydrogen) atoms. The number of pyridine rings is 1. The van der Waals surface area contributed by atoms with Crippen LogP contribution in [-0.2, 0) is 15.7 Å². The van der Waals surface area contributed by atoms with Crippen LogP contribution < -0.4 is 10.1 Å². The first-order valence-corrected chi connectivity index (χ1v) is 10.9. The standard InChI is InChI=1S/C23H34F3N3O4/c1-20(2,3)33-19(31)29-12-10-15(13-22(29,6)7)28-18(30)21(4,5)14-32-17-16(23(24,25)26)9-8-11-27-17/h8-9,11,15H,10,12-14H2,1-7H3,(H,28,30). The zero-order chi connectivity index (χ0) is 25.2. The molecule has 1 fully saturated rings. The van der Waals surface area contributed by atoms with Crippen LogP contribution in [0.5, 0.6) is 5.88 Å². The van der Waals surface area contributed by atoms with Crippen molar-refractivity contribution < 1.29 is 32.2 Å². The highest BCUT2D eigenvalue weighted by Crippen LogP contribution is 2.35. The maximum Gasteiger partial charge on any atom is 0.421 e. The number of carbonyl (C=O) groups is 2. The molecule has 1 N–H and O–H groups in total. The SMILES string of the molecule is CC(C)(C)OC(=O)N1CCC(NC(=O)C(C)(C)COc2ncccc2C(F)(F)F)CC1(C)C. The smallest absolute Gasteiger partial charge is 0.421 e. The largest absolute Gasteiger partial charge is 0.476 e. The van der Waals surface area contributed by atoms with Gasteiger partial charge in [0, 0.05) is 24.3 Å². The summed E-state index contributed by atoms with van der Waals surface area (Å²) < 4.78 is 50.3. The van der Waals surface area contributed by atoms with Gasteiger partial charge in [-0.3, -0.25) is 4.79 Å².